The van der Waals surface area contributed by atoms with Crippen LogP contribution in [-0.4, -0.2) is 12.6 Å². The Morgan fingerprint density at radius 1 is 1.38 bits per heavy atom. The van der Waals surface area contributed by atoms with E-state index in [1.54, 1.807) is 0 Å². The van der Waals surface area contributed by atoms with Gasteiger partial charge in [0.15, 0.2) is 0 Å². The van der Waals surface area contributed by atoms with Crippen molar-refractivity contribution in [3.8, 4) is 0 Å². The second-order valence-electron chi connectivity index (χ2n) is 5.18. The Morgan fingerprint density at radius 3 is 2.62 bits per heavy atom. The molecule has 16 heavy (non-hydrogen) atoms. The van der Waals surface area contributed by atoms with Crippen molar-refractivity contribution in [1.29, 1.82) is 0 Å². The van der Waals surface area contributed by atoms with Crippen LogP contribution in [0.25, 0.3) is 0 Å². The van der Waals surface area contributed by atoms with Crippen LogP contribution in [0, 0.1) is 0 Å². The molecule has 0 amide bonds. The van der Waals surface area contributed by atoms with E-state index in [1.165, 1.54) is 24.8 Å². The van der Waals surface area contributed by atoms with Crippen LogP contribution in [0.1, 0.15) is 38.7 Å². The highest BCUT2D eigenvalue weighted by Gasteiger charge is 2.38. The molecule has 0 unspecified atom stereocenters. The van der Waals surface area contributed by atoms with E-state index in [2.05, 4.69) is 37.4 Å². The van der Waals surface area contributed by atoms with Gasteiger partial charge in [-0.1, -0.05) is 44.0 Å². The van der Waals surface area contributed by atoms with Gasteiger partial charge in [0.1, 0.15) is 0 Å². The lowest BCUT2D eigenvalue weighted by molar-refractivity contribution is 0.228. The van der Waals surface area contributed by atoms with E-state index in [1.807, 2.05) is 6.07 Å². The molecule has 1 aliphatic rings. The van der Waals surface area contributed by atoms with Crippen LogP contribution < -0.4 is 5.32 Å². The Bertz CT molecular complexity index is 356. The average Bonchev–Trinajstić information content (AvgIpc) is 2.15. The second-order valence-corrected chi connectivity index (χ2v) is 5.62. The molecular weight excluding hydrogens is 218 g/mol. The first-order valence-electron chi connectivity index (χ1n) is 6.12. The molecule has 0 aromatic heterocycles. The van der Waals surface area contributed by atoms with E-state index in [-0.39, 0.29) is 0 Å². The summed E-state index contributed by atoms with van der Waals surface area (Å²) in [5.41, 5.74) is 1.74. The van der Waals surface area contributed by atoms with Gasteiger partial charge >= 0.3 is 0 Å². The maximum Gasteiger partial charge on any atom is 0.0408 e. The van der Waals surface area contributed by atoms with Crippen LogP contribution in [0.5, 0.6) is 0 Å². The molecule has 0 aliphatic heterocycles. The first kappa shape index (κ1) is 11.9. The number of hydrogen-bond acceptors (Lipinski definition) is 1. The molecule has 0 atom stereocenters. The van der Waals surface area contributed by atoms with Gasteiger partial charge in [-0.05, 0) is 30.5 Å². The summed E-state index contributed by atoms with van der Waals surface area (Å²) in [6.45, 7) is 5.47. The van der Waals surface area contributed by atoms with Crippen molar-refractivity contribution in [3.63, 3.8) is 0 Å². The highest BCUT2D eigenvalue weighted by atomic mass is 35.5. The first-order valence-corrected chi connectivity index (χ1v) is 6.50. The summed E-state index contributed by atoms with van der Waals surface area (Å²) in [6, 6.07) is 8.91. The van der Waals surface area contributed by atoms with Gasteiger partial charge in [-0.3, -0.25) is 0 Å². The molecule has 1 saturated carbocycles. The SMILES string of the molecule is CC(C)NCC1(c2cccc(Cl)c2)CCC1. The van der Waals surface area contributed by atoms with Crippen molar-refractivity contribution in [2.24, 2.45) is 0 Å². The monoisotopic (exact) mass is 237 g/mol. The summed E-state index contributed by atoms with van der Waals surface area (Å²) < 4.78 is 0. The molecule has 1 N–H and O–H groups in total. The third-order valence-corrected chi connectivity index (χ3v) is 3.83. The zero-order chi connectivity index (χ0) is 11.6. The molecule has 0 radical (unpaired) electrons. The highest BCUT2D eigenvalue weighted by Crippen LogP contribution is 2.43. The topological polar surface area (TPSA) is 12.0 Å². The van der Waals surface area contributed by atoms with E-state index >= 15 is 0 Å². The summed E-state index contributed by atoms with van der Waals surface area (Å²) >= 11 is 6.07. The minimum absolute atomic E-state index is 0.342. The zero-order valence-corrected chi connectivity index (χ0v) is 10.8. The molecular formula is C14H20ClN. The first-order chi connectivity index (χ1) is 7.62. The minimum Gasteiger partial charge on any atom is -0.314 e. The standard InChI is InChI=1S/C14H20ClN/c1-11(2)16-10-14(7-4-8-14)12-5-3-6-13(15)9-12/h3,5-6,9,11,16H,4,7-8,10H2,1-2H3. The van der Waals surface area contributed by atoms with E-state index in [9.17, 15) is 0 Å². The average molecular weight is 238 g/mol. The van der Waals surface area contributed by atoms with Gasteiger partial charge < -0.3 is 5.32 Å². The quantitative estimate of drug-likeness (QED) is 0.841. The summed E-state index contributed by atoms with van der Waals surface area (Å²) in [4.78, 5) is 0. The summed E-state index contributed by atoms with van der Waals surface area (Å²) in [6.07, 6.45) is 3.91. The number of hydrogen-bond donors (Lipinski definition) is 1. The van der Waals surface area contributed by atoms with Crippen LogP contribution >= 0.6 is 11.6 Å². The van der Waals surface area contributed by atoms with Crippen LogP contribution in [-0.2, 0) is 5.41 Å². The van der Waals surface area contributed by atoms with Crippen molar-refractivity contribution in [2.45, 2.75) is 44.6 Å². The Balaban J connectivity index is 2.14. The van der Waals surface area contributed by atoms with E-state index in [4.69, 9.17) is 11.6 Å². The van der Waals surface area contributed by atoms with Gasteiger partial charge in [0.2, 0.25) is 0 Å². The van der Waals surface area contributed by atoms with E-state index in [0.717, 1.165) is 11.6 Å². The lowest BCUT2D eigenvalue weighted by atomic mass is 9.64. The molecule has 2 heteroatoms. The molecule has 1 aliphatic carbocycles. The van der Waals surface area contributed by atoms with Gasteiger partial charge in [0.25, 0.3) is 0 Å². The number of nitrogens with one attached hydrogen (secondary N) is 1. The number of rotatable bonds is 4. The zero-order valence-electron chi connectivity index (χ0n) is 10.1. The van der Waals surface area contributed by atoms with Gasteiger partial charge in [-0.2, -0.15) is 0 Å². The molecule has 1 aromatic carbocycles. The minimum atomic E-state index is 0.342. The predicted octanol–water partition coefficient (Wildman–Crippen LogP) is 3.76. The largest absolute Gasteiger partial charge is 0.314 e. The van der Waals surface area contributed by atoms with Gasteiger partial charge in [-0.25, -0.2) is 0 Å². The van der Waals surface area contributed by atoms with Crippen molar-refractivity contribution in [2.75, 3.05) is 6.54 Å². The molecule has 1 nitrogen and oxygen atoms in total. The number of benzene rings is 1. The van der Waals surface area contributed by atoms with Crippen LogP contribution in [0.15, 0.2) is 24.3 Å². The molecule has 1 aromatic rings. The Kier molecular flexibility index (Phi) is 3.56. The molecule has 0 spiro atoms. The van der Waals surface area contributed by atoms with Crippen LogP contribution in [0.4, 0.5) is 0 Å². The van der Waals surface area contributed by atoms with Crippen molar-refractivity contribution in [3.05, 3.63) is 34.9 Å². The van der Waals surface area contributed by atoms with Crippen LogP contribution in [0.2, 0.25) is 5.02 Å². The molecule has 0 saturated heterocycles. The van der Waals surface area contributed by atoms with E-state index < -0.39 is 0 Å². The second kappa shape index (κ2) is 4.77. The maximum atomic E-state index is 6.07. The van der Waals surface area contributed by atoms with Gasteiger partial charge in [0.05, 0.1) is 0 Å². The number of halogens is 1. The van der Waals surface area contributed by atoms with Crippen molar-refractivity contribution in [1.82, 2.24) is 5.32 Å². The Morgan fingerprint density at radius 2 is 2.12 bits per heavy atom. The molecule has 88 valence electrons. The molecule has 1 fully saturated rings. The lowest BCUT2D eigenvalue weighted by Gasteiger charge is -2.43. The van der Waals surface area contributed by atoms with Gasteiger partial charge in [-0.15, -0.1) is 0 Å². The molecule has 0 heterocycles. The third kappa shape index (κ3) is 2.41. The fraction of sp³-hybridized carbons (Fsp3) is 0.571. The normalized spacial score (nSPS) is 18.5. The fourth-order valence-corrected chi connectivity index (χ4v) is 2.58. The maximum absolute atomic E-state index is 6.07. The van der Waals surface area contributed by atoms with Gasteiger partial charge in [0, 0.05) is 23.0 Å². The predicted molar refractivity (Wildman–Crippen MR) is 70.1 cm³/mol. The highest BCUT2D eigenvalue weighted by molar-refractivity contribution is 6.30. The van der Waals surface area contributed by atoms with Crippen LogP contribution in [0.3, 0.4) is 0 Å². The molecule has 0 bridgehead atoms. The summed E-state index contributed by atoms with van der Waals surface area (Å²) in [5.74, 6) is 0. The lowest BCUT2D eigenvalue weighted by Crippen LogP contribution is -2.45. The Hall–Kier alpha value is -0.530. The smallest absolute Gasteiger partial charge is 0.0408 e. The summed E-state index contributed by atoms with van der Waals surface area (Å²) in [5, 5.41) is 4.42. The Labute approximate surface area is 103 Å². The molecule has 2 rings (SSSR count). The summed E-state index contributed by atoms with van der Waals surface area (Å²) in [7, 11) is 0. The van der Waals surface area contributed by atoms with Crippen molar-refractivity contribution >= 4 is 11.6 Å². The van der Waals surface area contributed by atoms with Crippen molar-refractivity contribution < 1.29 is 0 Å². The third-order valence-electron chi connectivity index (χ3n) is 3.60. The fourth-order valence-electron chi connectivity index (χ4n) is 2.39. The van der Waals surface area contributed by atoms with E-state index in [0.29, 0.717) is 11.5 Å².